The van der Waals surface area contributed by atoms with Crippen LogP contribution in [-0.2, 0) is 35.0 Å². The van der Waals surface area contributed by atoms with E-state index in [0.29, 0.717) is 5.57 Å². The Bertz CT molecular complexity index is 870. The average Bonchev–Trinajstić information content (AvgIpc) is 3.21. The van der Waals surface area contributed by atoms with Crippen LogP contribution in [-0.4, -0.2) is 66.5 Å². The molecule has 1 fully saturated rings. The number of esters is 1. The number of hydrogen-bond acceptors (Lipinski definition) is 9. The number of amides is 3. The summed E-state index contributed by atoms with van der Waals surface area (Å²) in [6, 6.07) is 3.65. The van der Waals surface area contributed by atoms with Crippen molar-refractivity contribution in [3.63, 3.8) is 0 Å². The van der Waals surface area contributed by atoms with Crippen LogP contribution >= 0.6 is 23.1 Å². The quantitative estimate of drug-likeness (QED) is 0.347. The summed E-state index contributed by atoms with van der Waals surface area (Å²) in [5, 5.41) is 3.83. The van der Waals surface area contributed by atoms with Gasteiger partial charge in [0.25, 0.3) is 11.6 Å². The lowest BCUT2D eigenvalue weighted by molar-refractivity contribution is -0.192. The zero-order valence-electron chi connectivity index (χ0n) is 15.6. The van der Waals surface area contributed by atoms with Crippen LogP contribution in [0.1, 0.15) is 4.88 Å². The van der Waals surface area contributed by atoms with Gasteiger partial charge in [-0.1, -0.05) is 6.07 Å². The molecule has 3 rings (SSSR count). The summed E-state index contributed by atoms with van der Waals surface area (Å²) in [6.07, 6.45) is -0.902. The number of carbonyl (C=O) groups is 4. The van der Waals surface area contributed by atoms with E-state index in [2.05, 4.69) is 5.32 Å². The lowest BCUT2D eigenvalue weighted by atomic mass is 9.98. The molecule has 1 saturated heterocycles. The molecule has 0 spiro atoms. The van der Waals surface area contributed by atoms with Gasteiger partial charge in [0, 0.05) is 23.3 Å². The van der Waals surface area contributed by atoms with Crippen LogP contribution in [0.15, 0.2) is 28.8 Å². The van der Waals surface area contributed by atoms with Gasteiger partial charge in [0.15, 0.2) is 0 Å². The monoisotopic (exact) mass is 441 g/mol. The van der Waals surface area contributed by atoms with Crippen LogP contribution in [0.5, 0.6) is 0 Å². The van der Waals surface area contributed by atoms with Crippen LogP contribution in [0.4, 0.5) is 4.79 Å². The standard InChI is InChI=1S/C17H19N3O7S2/c1-25-13(22)12-9(7-27-16(18)24)8-29-15-17(26-2,14(23)20(12)15)19-11(21)6-10-4-3-5-28-10/h3-5,15H,6-8H2,1-2H3,(H2,18,24)(H,19,21)/t15-,17-/m0/s1. The van der Waals surface area contributed by atoms with Crippen molar-refractivity contribution >= 4 is 47.0 Å². The van der Waals surface area contributed by atoms with Crippen molar-refractivity contribution in [2.75, 3.05) is 26.6 Å². The number of nitrogens with two attached hydrogens (primary N) is 1. The molecule has 29 heavy (non-hydrogen) atoms. The third kappa shape index (κ3) is 3.82. The molecule has 3 heterocycles. The van der Waals surface area contributed by atoms with Crippen LogP contribution in [0, 0.1) is 0 Å². The normalized spacial score (nSPS) is 23.2. The second-order valence-corrected chi connectivity index (χ2v) is 8.23. The van der Waals surface area contributed by atoms with Crippen LogP contribution in [0.25, 0.3) is 0 Å². The molecule has 0 radical (unpaired) electrons. The van der Waals surface area contributed by atoms with Gasteiger partial charge in [0.05, 0.1) is 13.5 Å². The Kier molecular flexibility index (Phi) is 6.15. The lowest BCUT2D eigenvalue weighted by Crippen LogP contribution is -2.80. The largest absolute Gasteiger partial charge is 0.464 e. The topological polar surface area (TPSA) is 137 Å². The summed E-state index contributed by atoms with van der Waals surface area (Å²) in [6.45, 7) is -0.256. The van der Waals surface area contributed by atoms with Gasteiger partial charge >= 0.3 is 12.1 Å². The number of primary amides is 1. The van der Waals surface area contributed by atoms with Crippen molar-refractivity contribution in [1.82, 2.24) is 10.2 Å². The van der Waals surface area contributed by atoms with Gasteiger partial charge in [-0.15, -0.1) is 23.1 Å². The molecule has 1 aromatic heterocycles. The van der Waals surface area contributed by atoms with Crippen LogP contribution in [0.3, 0.4) is 0 Å². The molecule has 0 aliphatic carbocycles. The van der Waals surface area contributed by atoms with E-state index in [1.165, 1.54) is 42.2 Å². The second kappa shape index (κ2) is 8.43. The number of nitrogens with zero attached hydrogens (tertiary/aromatic N) is 1. The van der Waals surface area contributed by atoms with Gasteiger partial charge in [-0.05, 0) is 11.4 Å². The summed E-state index contributed by atoms with van der Waals surface area (Å²) in [5.74, 6) is -1.51. The Morgan fingerprint density at radius 1 is 1.38 bits per heavy atom. The maximum atomic E-state index is 13.0. The SMILES string of the molecule is COC(=O)C1=C(COC(N)=O)CS[C@@H]2N1C(=O)[C@]2(NC(=O)Cc1cccs1)OC. The second-order valence-electron chi connectivity index (χ2n) is 6.13. The maximum Gasteiger partial charge on any atom is 0.404 e. The molecule has 3 N–H and O–H groups in total. The van der Waals surface area contributed by atoms with E-state index in [1.807, 2.05) is 17.5 Å². The highest BCUT2D eigenvalue weighted by Crippen LogP contribution is 2.46. The molecule has 2 atom stereocenters. The number of hydrogen-bond donors (Lipinski definition) is 2. The van der Waals surface area contributed by atoms with Crippen molar-refractivity contribution in [3.05, 3.63) is 33.7 Å². The van der Waals surface area contributed by atoms with E-state index in [0.717, 1.165) is 4.88 Å². The minimum absolute atomic E-state index is 0.0392. The fourth-order valence-corrected chi connectivity index (χ4v) is 5.24. The summed E-state index contributed by atoms with van der Waals surface area (Å²) < 4.78 is 15.0. The van der Waals surface area contributed by atoms with Gasteiger partial charge in [-0.3, -0.25) is 14.5 Å². The Morgan fingerprint density at radius 2 is 2.14 bits per heavy atom. The molecule has 0 aromatic carbocycles. The molecule has 12 heteroatoms. The first-order valence-corrected chi connectivity index (χ1v) is 10.3. The zero-order chi connectivity index (χ0) is 21.2. The van der Waals surface area contributed by atoms with E-state index in [-0.39, 0.29) is 30.4 Å². The van der Waals surface area contributed by atoms with Gasteiger partial charge in [-0.2, -0.15) is 0 Å². The molecular weight excluding hydrogens is 422 g/mol. The highest BCUT2D eigenvalue weighted by molar-refractivity contribution is 8.00. The van der Waals surface area contributed by atoms with Gasteiger partial charge in [0.1, 0.15) is 17.7 Å². The number of β-lactam (4-membered cyclic amide) rings is 1. The minimum Gasteiger partial charge on any atom is -0.464 e. The molecule has 2 aliphatic heterocycles. The van der Waals surface area contributed by atoms with Crippen molar-refractivity contribution in [1.29, 1.82) is 0 Å². The number of carbonyl (C=O) groups excluding carboxylic acids is 4. The molecule has 3 amide bonds. The Hall–Kier alpha value is -2.57. The molecule has 156 valence electrons. The molecule has 1 aromatic rings. The van der Waals surface area contributed by atoms with Crippen molar-refractivity contribution in [2.45, 2.75) is 17.5 Å². The van der Waals surface area contributed by atoms with Crippen LogP contribution < -0.4 is 11.1 Å². The number of thioether (sulfide) groups is 1. The van der Waals surface area contributed by atoms with E-state index in [9.17, 15) is 19.2 Å². The lowest BCUT2D eigenvalue weighted by Gasteiger charge is -2.55. The molecule has 10 nitrogen and oxygen atoms in total. The van der Waals surface area contributed by atoms with E-state index in [4.69, 9.17) is 19.9 Å². The zero-order valence-corrected chi connectivity index (χ0v) is 17.3. The number of methoxy groups -OCH3 is 2. The molecule has 0 bridgehead atoms. The highest BCUT2D eigenvalue weighted by atomic mass is 32.2. The number of thiophene rings is 1. The van der Waals surface area contributed by atoms with Crippen molar-refractivity contribution in [3.8, 4) is 0 Å². The predicted octanol–water partition coefficient (Wildman–Crippen LogP) is 0.187. The minimum atomic E-state index is -1.60. The number of ether oxygens (including phenoxy) is 3. The van der Waals surface area contributed by atoms with E-state index >= 15 is 0 Å². The molecule has 2 aliphatic rings. The first-order valence-electron chi connectivity index (χ1n) is 8.40. The average molecular weight is 441 g/mol. The smallest absolute Gasteiger partial charge is 0.404 e. The van der Waals surface area contributed by atoms with Crippen LogP contribution in [0.2, 0.25) is 0 Å². The Balaban J connectivity index is 1.83. The molecular formula is C17H19N3O7S2. The Morgan fingerprint density at radius 3 is 2.72 bits per heavy atom. The maximum absolute atomic E-state index is 13.0. The van der Waals surface area contributed by atoms with E-state index < -0.39 is 29.1 Å². The number of nitrogens with one attached hydrogen (secondary N) is 1. The summed E-state index contributed by atoms with van der Waals surface area (Å²) in [4.78, 5) is 50.7. The first-order chi connectivity index (χ1) is 13.8. The summed E-state index contributed by atoms with van der Waals surface area (Å²) >= 11 is 2.69. The van der Waals surface area contributed by atoms with Gasteiger partial charge < -0.3 is 25.3 Å². The van der Waals surface area contributed by atoms with Gasteiger partial charge in [-0.25, -0.2) is 9.59 Å². The fraction of sp³-hybridized carbons (Fsp3) is 0.412. The third-order valence-corrected chi connectivity index (χ3v) is 6.69. The highest BCUT2D eigenvalue weighted by Gasteiger charge is 2.66. The van der Waals surface area contributed by atoms with Crippen molar-refractivity contribution < 1.29 is 33.4 Å². The summed E-state index contributed by atoms with van der Waals surface area (Å²) in [5.41, 5.74) is 3.72. The van der Waals surface area contributed by atoms with Crippen molar-refractivity contribution in [2.24, 2.45) is 5.73 Å². The first kappa shape index (κ1) is 21.1. The summed E-state index contributed by atoms with van der Waals surface area (Å²) in [7, 11) is 2.49. The Labute approximate surface area is 174 Å². The number of rotatable bonds is 7. The third-order valence-electron chi connectivity index (χ3n) is 4.44. The molecule has 0 saturated carbocycles. The van der Waals surface area contributed by atoms with Gasteiger partial charge in [0.2, 0.25) is 5.91 Å². The molecule has 0 unspecified atom stereocenters. The van der Waals surface area contributed by atoms with E-state index in [1.54, 1.807) is 0 Å². The fourth-order valence-electron chi connectivity index (χ4n) is 3.12. The number of fused-ring (bicyclic) bond motifs is 1. The predicted molar refractivity (Wildman–Crippen MR) is 104 cm³/mol.